The highest BCUT2D eigenvalue weighted by molar-refractivity contribution is 5.81. The Morgan fingerprint density at radius 3 is 3.18 bits per heavy atom. The number of amides is 2. The molecule has 0 aromatic carbocycles. The summed E-state index contributed by atoms with van der Waals surface area (Å²) in [6.45, 7) is 4.54. The van der Waals surface area contributed by atoms with E-state index in [-0.39, 0.29) is 23.8 Å². The Labute approximate surface area is 101 Å². The molecule has 96 valence electrons. The SMILES string of the molecule is CCCCOC(=O)N1CC[C@H]2C(=O)NC[C@H]2C1. The molecule has 2 atom stereocenters. The molecule has 2 rings (SSSR count). The lowest BCUT2D eigenvalue weighted by Crippen LogP contribution is -2.44. The summed E-state index contributed by atoms with van der Waals surface area (Å²) in [6, 6.07) is 0. The number of hydrogen-bond acceptors (Lipinski definition) is 3. The van der Waals surface area contributed by atoms with Crippen molar-refractivity contribution in [2.24, 2.45) is 11.8 Å². The van der Waals surface area contributed by atoms with Crippen molar-refractivity contribution in [1.29, 1.82) is 0 Å². The monoisotopic (exact) mass is 240 g/mol. The number of rotatable bonds is 3. The Morgan fingerprint density at radius 1 is 1.59 bits per heavy atom. The summed E-state index contributed by atoms with van der Waals surface area (Å²) in [7, 11) is 0. The summed E-state index contributed by atoms with van der Waals surface area (Å²) in [5, 5.41) is 2.86. The molecule has 0 radical (unpaired) electrons. The van der Waals surface area contributed by atoms with Gasteiger partial charge in [-0.2, -0.15) is 0 Å². The van der Waals surface area contributed by atoms with E-state index in [0.29, 0.717) is 26.2 Å². The van der Waals surface area contributed by atoms with Gasteiger partial charge in [-0.25, -0.2) is 4.79 Å². The molecule has 5 heteroatoms. The van der Waals surface area contributed by atoms with Gasteiger partial charge in [0, 0.05) is 31.5 Å². The van der Waals surface area contributed by atoms with Crippen LogP contribution in [0.15, 0.2) is 0 Å². The first-order valence-electron chi connectivity index (χ1n) is 6.41. The predicted octanol–water partition coefficient (Wildman–Crippen LogP) is 0.991. The molecule has 2 aliphatic heterocycles. The standard InChI is InChI=1S/C12H20N2O3/c1-2-3-6-17-12(16)14-5-4-10-9(8-14)7-13-11(10)15/h9-10H,2-8H2,1H3,(H,13,15)/t9-,10+/m0/s1. The fourth-order valence-electron chi connectivity index (χ4n) is 2.51. The van der Waals surface area contributed by atoms with Crippen LogP contribution in [0.2, 0.25) is 0 Å². The van der Waals surface area contributed by atoms with Crippen molar-refractivity contribution in [3.63, 3.8) is 0 Å². The van der Waals surface area contributed by atoms with Crippen molar-refractivity contribution < 1.29 is 14.3 Å². The Kier molecular flexibility index (Phi) is 3.86. The number of piperidine rings is 1. The maximum atomic E-state index is 11.7. The first-order valence-corrected chi connectivity index (χ1v) is 6.41. The van der Waals surface area contributed by atoms with Crippen LogP contribution < -0.4 is 5.32 Å². The summed E-state index contributed by atoms with van der Waals surface area (Å²) in [5.41, 5.74) is 0. The molecule has 2 fully saturated rings. The van der Waals surface area contributed by atoms with Gasteiger partial charge in [0.1, 0.15) is 0 Å². The zero-order valence-electron chi connectivity index (χ0n) is 10.3. The van der Waals surface area contributed by atoms with Crippen molar-refractivity contribution in [3.8, 4) is 0 Å². The van der Waals surface area contributed by atoms with Gasteiger partial charge in [0.15, 0.2) is 0 Å². The molecule has 5 nitrogen and oxygen atoms in total. The van der Waals surface area contributed by atoms with Gasteiger partial charge in [-0.05, 0) is 12.8 Å². The molecule has 2 aliphatic rings. The van der Waals surface area contributed by atoms with E-state index in [1.165, 1.54) is 0 Å². The molecule has 0 aromatic heterocycles. The van der Waals surface area contributed by atoms with Crippen LogP contribution in [-0.4, -0.2) is 43.1 Å². The van der Waals surface area contributed by atoms with Gasteiger partial charge in [0.25, 0.3) is 0 Å². The highest BCUT2D eigenvalue weighted by Crippen LogP contribution is 2.27. The third-order valence-electron chi connectivity index (χ3n) is 3.59. The van der Waals surface area contributed by atoms with Crippen LogP contribution in [0.25, 0.3) is 0 Å². The average molecular weight is 240 g/mol. The molecule has 0 aliphatic carbocycles. The van der Waals surface area contributed by atoms with E-state index in [1.807, 2.05) is 0 Å². The van der Waals surface area contributed by atoms with Gasteiger partial charge < -0.3 is 15.0 Å². The van der Waals surface area contributed by atoms with Crippen molar-refractivity contribution in [2.45, 2.75) is 26.2 Å². The zero-order chi connectivity index (χ0) is 12.3. The lowest BCUT2D eigenvalue weighted by atomic mass is 9.88. The molecular weight excluding hydrogens is 220 g/mol. The van der Waals surface area contributed by atoms with Crippen LogP contribution >= 0.6 is 0 Å². The molecular formula is C12H20N2O3. The fraction of sp³-hybridized carbons (Fsp3) is 0.833. The minimum atomic E-state index is -0.226. The molecule has 0 aromatic rings. The maximum Gasteiger partial charge on any atom is 0.409 e. The van der Waals surface area contributed by atoms with Crippen LogP contribution in [0, 0.1) is 11.8 Å². The maximum absolute atomic E-state index is 11.7. The fourth-order valence-corrected chi connectivity index (χ4v) is 2.51. The highest BCUT2D eigenvalue weighted by Gasteiger charge is 2.40. The van der Waals surface area contributed by atoms with Gasteiger partial charge in [0.2, 0.25) is 5.91 Å². The van der Waals surface area contributed by atoms with Crippen LogP contribution in [0.1, 0.15) is 26.2 Å². The number of likely N-dealkylation sites (tertiary alicyclic amines) is 1. The van der Waals surface area contributed by atoms with E-state index in [0.717, 1.165) is 19.3 Å². The predicted molar refractivity (Wildman–Crippen MR) is 62.4 cm³/mol. The van der Waals surface area contributed by atoms with Crippen LogP contribution in [0.4, 0.5) is 4.79 Å². The number of hydrogen-bond donors (Lipinski definition) is 1. The number of carbonyl (C=O) groups is 2. The average Bonchev–Trinajstić information content (AvgIpc) is 2.71. The van der Waals surface area contributed by atoms with E-state index in [4.69, 9.17) is 4.74 Å². The first kappa shape index (κ1) is 12.2. The number of ether oxygens (including phenoxy) is 1. The second-order valence-electron chi connectivity index (χ2n) is 4.81. The molecule has 2 heterocycles. The Bertz CT molecular complexity index is 306. The molecule has 0 saturated carbocycles. The molecule has 2 saturated heterocycles. The third-order valence-corrected chi connectivity index (χ3v) is 3.59. The summed E-state index contributed by atoms with van der Waals surface area (Å²) >= 11 is 0. The second kappa shape index (κ2) is 5.38. The van der Waals surface area contributed by atoms with E-state index in [2.05, 4.69) is 12.2 Å². The summed E-state index contributed by atoms with van der Waals surface area (Å²) in [4.78, 5) is 24.9. The van der Waals surface area contributed by atoms with Crippen molar-refractivity contribution in [2.75, 3.05) is 26.2 Å². The quantitative estimate of drug-likeness (QED) is 0.748. The molecule has 0 unspecified atom stereocenters. The molecule has 0 bridgehead atoms. The van der Waals surface area contributed by atoms with Gasteiger partial charge in [-0.3, -0.25) is 4.79 Å². The molecule has 1 N–H and O–H groups in total. The van der Waals surface area contributed by atoms with Crippen LogP contribution in [0.3, 0.4) is 0 Å². The largest absolute Gasteiger partial charge is 0.449 e. The number of carbonyl (C=O) groups excluding carboxylic acids is 2. The smallest absolute Gasteiger partial charge is 0.409 e. The number of unbranched alkanes of at least 4 members (excludes halogenated alkanes) is 1. The summed E-state index contributed by atoms with van der Waals surface area (Å²) < 4.78 is 5.18. The first-order chi connectivity index (χ1) is 8.22. The minimum absolute atomic E-state index is 0.106. The minimum Gasteiger partial charge on any atom is -0.449 e. The number of nitrogens with one attached hydrogen (secondary N) is 1. The van der Waals surface area contributed by atoms with Crippen LogP contribution in [0.5, 0.6) is 0 Å². The van der Waals surface area contributed by atoms with Crippen LogP contribution in [-0.2, 0) is 9.53 Å². The van der Waals surface area contributed by atoms with Crippen molar-refractivity contribution in [3.05, 3.63) is 0 Å². The summed E-state index contributed by atoms with van der Waals surface area (Å²) in [5.74, 6) is 0.527. The highest BCUT2D eigenvalue weighted by atomic mass is 16.6. The second-order valence-corrected chi connectivity index (χ2v) is 4.81. The topological polar surface area (TPSA) is 58.6 Å². The zero-order valence-corrected chi connectivity index (χ0v) is 10.3. The normalized spacial score (nSPS) is 27.6. The van der Waals surface area contributed by atoms with E-state index < -0.39 is 0 Å². The van der Waals surface area contributed by atoms with Crippen molar-refractivity contribution in [1.82, 2.24) is 10.2 Å². The number of nitrogens with zero attached hydrogens (tertiary/aromatic N) is 1. The lowest BCUT2D eigenvalue weighted by molar-refractivity contribution is -0.123. The molecule has 17 heavy (non-hydrogen) atoms. The van der Waals surface area contributed by atoms with Gasteiger partial charge in [-0.15, -0.1) is 0 Å². The lowest BCUT2D eigenvalue weighted by Gasteiger charge is -2.32. The Morgan fingerprint density at radius 2 is 2.41 bits per heavy atom. The Balaban J connectivity index is 1.80. The molecule has 0 spiro atoms. The van der Waals surface area contributed by atoms with E-state index in [1.54, 1.807) is 4.90 Å². The Hall–Kier alpha value is -1.26. The van der Waals surface area contributed by atoms with Crippen molar-refractivity contribution >= 4 is 12.0 Å². The van der Waals surface area contributed by atoms with E-state index >= 15 is 0 Å². The molecule has 2 amide bonds. The van der Waals surface area contributed by atoms with Gasteiger partial charge >= 0.3 is 6.09 Å². The van der Waals surface area contributed by atoms with Gasteiger partial charge in [0.05, 0.1) is 6.61 Å². The number of fused-ring (bicyclic) bond motifs is 1. The third kappa shape index (κ3) is 2.70. The van der Waals surface area contributed by atoms with E-state index in [9.17, 15) is 9.59 Å². The van der Waals surface area contributed by atoms with Gasteiger partial charge in [-0.1, -0.05) is 13.3 Å². The summed E-state index contributed by atoms with van der Waals surface area (Å²) in [6.07, 6.45) is 2.47.